The Labute approximate surface area is 163 Å². The molecular formula is C17H16Br2N2O3S. The summed E-state index contributed by atoms with van der Waals surface area (Å²) in [5.74, 6) is -0.0768. The van der Waals surface area contributed by atoms with Crippen molar-refractivity contribution in [2.45, 2.75) is 4.90 Å². The third-order valence-corrected chi connectivity index (χ3v) is 6.97. The maximum Gasteiger partial charge on any atom is 0.253 e. The van der Waals surface area contributed by atoms with Gasteiger partial charge in [-0.1, -0.05) is 37.9 Å². The fourth-order valence-corrected chi connectivity index (χ4v) is 4.97. The average molecular weight is 488 g/mol. The largest absolute Gasteiger partial charge is 0.336 e. The van der Waals surface area contributed by atoms with E-state index in [-0.39, 0.29) is 23.9 Å². The molecule has 1 aliphatic rings. The second kappa shape index (κ2) is 7.57. The fraction of sp³-hybridized carbons (Fsp3) is 0.235. The predicted octanol–water partition coefficient (Wildman–Crippen LogP) is 3.36. The zero-order valence-electron chi connectivity index (χ0n) is 13.2. The van der Waals surface area contributed by atoms with Gasteiger partial charge in [0.25, 0.3) is 5.91 Å². The highest BCUT2D eigenvalue weighted by molar-refractivity contribution is 9.10. The first-order valence-corrected chi connectivity index (χ1v) is 10.7. The summed E-state index contributed by atoms with van der Waals surface area (Å²) in [6.45, 7) is 1.33. The van der Waals surface area contributed by atoms with Gasteiger partial charge in [0, 0.05) is 40.7 Å². The van der Waals surface area contributed by atoms with Crippen LogP contribution in [0.3, 0.4) is 0 Å². The van der Waals surface area contributed by atoms with E-state index >= 15 is 0 Å². The molecule has 0 aromatic heterocycles. The standard InChI is InChI=1S/C17H16Br2N2O3S/c18-14-6-4-13(5-7-14)17(22)20-8-10-21(11-9-20)25(23,24)16-3-1-2-15(19)12-16/h1-7,12H,8-11H2. The molecule has 2 aromatic carbocycles. The van der Waals surface area contributed by atoms with Gasteiger partial charge in [-0.25, -0.2) is 8.42 Å². The molecule has 0 unspecified atom stereocenters. The van der Waals surface area contributed by atoms with E-state index < -0.39 is 10.0 Å². The van der Waals surface area contributed by atoms with Gasteiger partial charge in [0.1, 0.15) is 0 Å². The molecule has 0 saturated carbocycles. The monoisotopic (exact) mass is 486 g/mol. The number of hydrogen-bond donors (Lipinski definition) is 0. The molecule has 1 heterocycles. The topological polar surface area (TPSA) is 57.7 Å². The molecule has 2 aromatic rings. The van der Waals surface area contributed by atoms with E-state index in [0.29, 0.717) is 18.7 Å². The number of benzene rings is 2. The lowest BCUT2D eigenvalue weighted by Gasteiger charge is -2.34. The molecule has 0 spiro atoms. The number of carbonyl (C=O) groups excluding carboxylic acids is 1. The Morgan fingerprint density at radius 3 is 2.12 bits per heavy atom. The second-order valence-electron chi connectivity index (χ2n) is 5.66. The van der Waals surface area contributed by atoms with E-state index in [9.17, 15) is 13.2 Å². The maximum absolute atomic E-state index is 12.7. The lowest BCUT2D eigenvalue weighted by atomic mass is 10.2. The van der Waals surface area contributed by atoms with E-state index in [2.05, 4.69) is 31.9 Å². The van der Waals surface area contributed by atoms with Crippen LogP contribution in [-0.2, 0) is 10.0 Å². The number of carbonyl (C=O) groups is 1. The van der Waals surface area contributed by atoms with Crippen molar-refractivity contribution in [3.63, 3.8) is 0 Å². The van der Waals surface area contributed by atoms with Crippen molar-refractivity contribution >= 4 is 47.8 Å². The Hall–Kier alpha value is -1.22. The first-order chi connectivity index (χ1) is 11.9. The summed E-state index contributed by atoms with van der Waals surface area (Å²) in [5.41, 5.74) is 0.603. The number of nitrogens with zero attached hydrogens (tertiary/aromatic N) is 2. The minimum atomic E-state index is -3.54. The fourth-order valence-electron chi connectivity index (χ4n) is 2.68. The quantitative estimate of drug-likeness (QED) is 0.667. The van der Waals surface area contributed by atoms with Crippen LogP contribution in [0.2, 0.25) is 0 Å². The summed E-state index contributed by atoms with van der Waals surface area (Å²) < 4.78 is 28.5. The highest BCUT2D eigenvalue weighted by Crippen LogP contribution is 2.22. The molecule has 1 amide bonds. The van der Waals surface area contributed by atoms with Crippen LogP contribution in [0.1, 0.15) is 10.4 Å². The van der Waals surface area contributed by atoms with Gasteiger partial charge in [-0.05, 0) is 42.5 Å². The summed E-state index contributed by atoms with van der Waals surface area (Å²) in [5, 5.41) is 0. The number of sulfonamides is 1. The van der Waals surface area contributed by atoms with Gasteiger partial charge in [0.2, 0.25) is 10.0 Å². The van der Waals surface area contributed by atoms with Gasteiger partial charge >= 0.3 is 0 Å². The lowest BCUT2D eigenvalue weighted by molar-refractivity contribution is 0.0698. The zero-order valence-corrected chi connectivity index (χ0v) is 17.2. The number of amides is 1. The first kappa shape index (κ1) is 18.6. The minimum absolute atomic E-state index is 0.0768. The van der Waals surface area contributed by atoms with Crippen molar-refractivity contribution in [2.24, 2.45) is 0 Å². The van der Waals surface area contributed by atoms with Crippen LogP contribution >= 0.6 is 31.9 Å². The Balaban J connectivity index is 1.69. The average Bonchev–Trinajstić information content (AvgIpc) is 2.62. The van der Waals surface area contributed by atoms with Crippen LogP contribution in [0.5, 0.6) is 0 Å². The Morgan fingerprint density at radius 2 is 1.52 bits per heavy atom. The molecule has 1 saturated heterocycles. The number of piperazine rings is 1. The minimum Gasteiger partial charge on any atom is -0.336 e. The van der Waals surface area contributed by atoms with Crippen LogP contribution < -0.4 is 0 Å². The van der Waals surface area contributed by atoms with Gasteiger partial charge in [-0.3, -0.25) is 4.79 Å². The molecule has 0 aliphatic carbocycles. The van der Waals surface area contributed by atoms with E-state index in [1.165, 1.54) is 4.31 Å². The maximum atomic E-state index is 12.7. The van der Waals surface area contributed by atoms with Crippen molar-refractivity contribution in [3.05, 3.63) is 63.0 Å². The molecule has 0 N–H and O–H groups in total. The molecule has 5 nitrogen and oxygen atoms in total. The summed E-state index contributed by atoms with van der Waals surface area (Å²) >= 11 is 6.64. The van der Waals surface area contributed by atoms with E-state index in [0.717, 1.165) is 8.95 Å². The zero-order chi connectivity index (χ0) is 18.0. The van der Waals surface area contributed by atoms with Crippen molar-refractivity contribution in [2.75, 3.05) is 26.2 Å². The van der Waals surface area contributed by atoms with Crippen LogP contribution in [0, 0.1) is 0 Å². The highest BCUT2D eigenvalue weighted by atomic mass is 79.9. The second-order valence-corrected chi connectivity index (χ2v) is 9.43. The van der Waals surface area contributed by atoms with E-state index in [1.807, 2.05) is 12.1 Å². The van der Waals surface area contributed by atoms with Gasteiger partial charge in [0.15, 0.2) is 0 Å². The normalized spacial score (nSPS) is 16.0. The molecule has 3 rings (SSSR count). The number of halogens is 2. The van der Waals surface area contributed by atoms with Crippen LogP contribution in [-0.4, -0.2) is 49.7 Å². The molecule has 8 heteroatoms. The Kier molecular flexibility index (Phi) is 5.62. The molecular weight excluding hydrogens is 472 g/mol. The lowest BCUT2D eigenvalue weighted by Crippen LogP contribution is -2.50. The molecule has 1 aliphatic heterocycles. The number of hydrogen-bond acceptors (Lipinski definition) is 3. The van der Waals surface area contributed by atoms with Gasteiger partial charge < -0.3 is 4.90 Å². The summed E-state index contributed by atoms with van der Waals surface area (Å²) in [7, 11) is -3.54. The molecule has 0 radical (unpaired) electrons. The molecule has 25 heavy (non-hydrogen) atoms. The summed E-state index contributed by atoms with van der Waals surface area (Å²) in [4.78, 5) is 14.5. The van der Waals surface area contributed by atoms with Crippen LogP contribution in [0.4, 0.5) is 0 Å². The summed E-state index contributed by atoms with van der Waals surface area (Å²) in [6.07, 6.45) is 0. The van der Waals surface area contributed by atoms with Crippen molar-refractivity contribution in [3.8, 4) is 0 Å². The van der Waals surface area contributed by atoms with E-state index in [1.54, 1.807) is 41.3 Å². The van der Waals surface area contributed by atoms with Crippen molar-refractivity contribution in [1.82, 2.24) is 9.21 Å². The smallest absolute Gasteiger partial charge is 0.253 e. The van der Waals surface area contributed by atoms with Crippen molar-refractivity contribution in [1.29, 1.82) is 0 Å². The van der Waals surface area contributed by atoms with Crippen molar-refractivity contribution < 1.29 is 13.2 Å². The Morgan fingerprint density at radius 1 is 0.880 bits per heavy atom. The van der Waals surface area contributed by atoms with Crippen LogP contribution in [0.15, 0.2) is 62.4 Å². The third kappa shape index (κ3) is 4.13. The van der Waals surface area contributed by atoms with Gasteiger partial charge in [-0.2, -0.15) is 4.31 Å². The highest BCUT2D eigenvalue weighted by Gasteiger charge is 2.30. The third-order valence-electron chi connectivity index (χ3n) is 4.05. The molecule has 1 fully saturated rings. The van der Waals surface area contributed by atoms with E-state index in [4.69, 9.17) is 0 Å². The molecule has 0 atom stereocenters. The predicted molar refractivity (Wildman–Crippen MR) is 103 cm³/mol. The SMILES string of the molecule is O=C(c1ccc(Br)cc1)N1CCN(S(=O)(=O)c2cccc(Br)c2)CC1. The van der Waals surface area contributed by atoms with Crippen LogP contribution in [0.25, 0.3) is 0 Å². The summed E-state index contributed by atoms with van der Waals surface area (Å²) in [6, 6.07) is 13.8. The van der Waals surface area contributed by atoms with Gasteiger partial charge in [0.05, 0.1) is 4.90 Å². The molecule has 132 valence electrons. The Bertz CT molecular complexity index is 877. The number of rotatable bonds is 3. The molecule has 0 bridgehead atoms. The first-order valence-electron chi connectivity index (χ1n) is 7.68. The van der Waals surface area contributed by atoms with Gasteiger partial charge in [-0.15, -0.1) is 0 Å².